The van der Waals surface area contributed by atoms with Crippen LogP contribution in [-0.4, -0.2) is 17.9 Å². The Labute approximate surface area is 146 Å². The third kappa shape index (κ3) is 6.12. The number of rotatable bonds is 6. The van der Waals surface area contributed by atoms with Crippen LogP contribution in [0.2, 0.25) is 18.1 Å². The minimum absolute atomic E-state index is 0.0588. The van der Waals surface area contributed by atoms with Gasteiger partial charge in [0, 0.05) is 0 Å². The second-order valence-electron chi connectivity index (χ2n) is 6.93. The molecule has 0 aliphatic rings. The van der Waals surface area contributed by atoms with E-state index in [1.165, 1.54) is 5.56 Å². The molecule has 1 aromatic rings. The highest BCUT2D eigenvalue weighted by Gasteiger charge is 2.44. The van der Waals surface area contributed by atoms with Crippen molar-refractivity contribution < 1.29 is 8.82 Å². The Morgan fingerprint density at radius 1 is 1.14 bits per heavy atom. The van der Waals surface area contributed by atoms with E-state index in [1.54, 1.807) is 0 Å². The predicted octanol–water partition coefficient (Wildman–Crippen LogP) is 6.42. The highest BCUT2D eigenvalue weighted by atomic mass is 79.9. The topological polar surface area (TPSA) is 9.23 Å². The zero-order valence-corrected chi connectivity index (χ0v) is 17.6. The molecular weight excluding hydrogens is 415 g/mol. The fourth-order valence-electron chi connectivity index (χ4n) is 1.76. The van der Waals surface area contributed by atoms with Crippen LogP contribution in [0.5, 0.6) is 0 Å². The Morgan fingerprint density at radius 2 is 1.67 bits per heavy atom. The van der Waals surface area contributed by atoms with Gasteiger partial charge in [0.05, 0.1) is 6.10 Å². The number of halogens is 3. The highest BCUT2D eigenvalue weighted by Crippen LogP contribution is 2.43. The summed E-state index contributed by atoms with van der Waals surface area (Å²) in [4.78, 5) is 0. The van der Waals surface area contributed by atoms with Crippen LogP contribution >= 0.6 is 31.9 Å². The van der Waals surface area contributed by atoms with E-state index in [1.807, 2.05) is 18.2 Å². The Morgan fingerprint density at radius 3 is 2.10 bits per heavy atom. The number of alkyl halides is 3. The normalized spacial score (nSPS) is 15.0. The van der Waals surface area contributed by atoms with Crippen LogP contribution in [0, 0.1) is 0 Å². The van der Waals surface area contributed by atoms with E-state index in [4.69, 9.17) is 4.43 Å². The van der Waals surface area contributed by atoms with Gasteiger partial charge in [-0.3, -0.25) is 0 Å². The van der Waals surface area contributed by atoms with Gasteiger partial charge in [-0.2, -0.15) is 0 Å². The second-order valence-corrected chi connectivity index (χ2v) is 15.1. The van der Waals surface area contributed by atoms with Crippen LogP contribution in [0.1, 0.15) is 32.8 Å². The van der Waals surface area contributed by atoms with Gasteiger partial charge in [0.2, 0.25) is 3.49 Å². The molecule has 0 aliphatic heterocycles. The molecule has 1 unspecified atom stereocenters. The van der Waals surface area contributed by atoms with Crippen LogP contribution in [0.25, 0.3) is 0 Å². The quantitative estimate of drug-likeness (QED) is 0.366. The van der Waals surface area contributed by atoms with Crippen molar-refractivity contribution in [1.29, 1.82) is 0 Å². The van der Waals surface area contributed by atoms with Gasteiger partial charge in [-0.05, 0) is 68.4 Å². The molecule has 0 spiro atoms. The Balaban J connectivity index is 2.78. The average molecular weight is 440 g/mol. The Bertz CT molecular complexity index is 438. The van der Waals surface area contributed by atoms with Gasteiger partial charge in [0.15, 0.2) is 8.32 Å². The molecule has 1 nitrogen and oxygen atoms in total. The van der Waals surface area contributed by atoms with Gasteiger partial charge < -0.3 is 4.43 Å². The molecule has 0 amide bonds. The third-order valence-electron chi connectivity index (χ3n) is 4.15. The summed E-state index contributed by atoms with van der Waals surface area (Å²) < 4.78 is 19.0. The lowest BCUT2D eigenvalue weighted by molar-refractivity contribution is 0.113. The first kappa shape index (κ1) is 19.3. The predicted molar refractivity (Wildman–Crippen MR) is 98.5 cm³/mol. The fraction of sp³-hybridized carbons (Fsp3) is 0.625. The van der Waals surface area contributed by atoms with E-state index >= 15 is 0 Å². The molecule has 1 rings (SSSR count). The third-order valence-corrected chi connectivity index (χ3v) is 9.65. The number of aryl methyl sites for hydroxylation is 1. The van der Waals surface area contributed by atoms with E-state index in [2.05, 4.69) is 77.9 Å². The summed E-state index contributed by atoms with van der Waals surface area (Å²) in [6.07, 6.45) is 0.908. The summed E-state index contributed by atoms with van der Waals surface area (Å²) in [5, 5.41) is 0.0588. The maximum Gasteiger partial charge on any atom is 0.243 e. The van der Waals surface area contributed by atoms with Crippen molar-refractivity contribution >= 4 is 40.2 Å². The standard InChI is InChI=1S/C16H25Br2FOSi/c1-15(2,3)21(4,5)20-14(16(17,18)19)12-11-13-9-7-6-8-10-13/h6-10,14H,11-12H2,1-5H3. The van der Waals surface area contributed by atoms with Crippen LogP contribution in [-0.2, 0) is 10.8 Å². The summed E-state index contributed by atoms with van der Waals surface area (Å²) in [6, 6.07) is 10.1. The van der Waals surface area contributed by atoms with Gasteiger partial charge in [0.1, 0.15) is 0 Å². The molecule has 0 saturated heterocycles. The lowest BCUT2D eigenvalue weighted by Gasteiger charge is -2.41. The highest BCUT2D eigenvalue weighted by molar-refractivity contribution is 9.25. The van der Waals surface area contributed by atoms with Gasteiger partial charge in [-0.1, -0.05) is 51.1 Å². The van der Waals surface area contributed by atoms with Gasteiger partial charge in [-0.15, -0.1) is 0 Å². The first-order chi connectivity index (χ1) is 9.43. The van der Waals surface area contributed by atoms with Crippen molar-refractivity contribution in [3.05, 3.63) is 35.9 Å². The van der Waals surface area contributed by atoms with E-state index in [0.29, 0.717) is 6.42 Å². The molecule has 0 aliphatic carbocycles. The SMILES string of the molecule is CC(C)(C)[Si](C)(C)OC(CCc1ccccc1)C(F)(Br)Br. The first-order valence-electron chi connectivity index (χ1n) is 7.22. The van der Waals surface area contributed by atoms with Crippen molar-refractivity contribution in [2.45, 2.75) is 61.3 Å². The maximum absolute atomic E-state index is 14.4. The lowest BCUT2D eigenvalue weighted by atomic mass is 10.1. The second kappa shape index (κ2) is 7.24. The van der Waals surface area contributed by atoms with Crippen molar-refractivity contribution in [2.24, 2.45) is 0 Å². The molecule has 0 N–H and O–H groups in total. The summed E-state index contributed by atoms with van der Waals surface area (Å²) in [5.41, 5.74) is 1.20. The smallest absolute Gasteiger partial charge is 0.243 e. The zero-order chi connectivity index (χ0) is 16.3. The number of benzene rings is 1. The zero-order valence-electron chi connectivity index (χ0n) is 13.4. The minimum Gasteiger partial charge on any atom is -0.409 e. The van der Waals surface area contributed by atoms with E-state index in [9.17, 15) is 4.39 Å². The summed E-state index contributed by atoms with van der Waals surface area (Å²) in [6.45, 7) is 10.8. The van der Waals surface area contributed by atoms with Crippen molar-refractivity contribution in [2.75, 3.05) is 0 Å². The lowest BCUT2D eigenvalue weighted by Crippen LogP contribution is -2.47. The molecule has 0 fully saturated rings. The molecular formula is C16H25Br2FOSi. The van der Waals surface area contributed by atoms with Crippen LogP contribution in [0.15, 0.2) is 30.3 Å². The molecule has 1 atom stereocenters. The molecule has 0 bridgehead atoms. The van der Waals surface area contributed by atoms with E-state index in [0.717, 1.165) is 6.42 Å². The minimum atomic E-state index is -2.02. The molecule has 0 heterocycles. The van der Waals surface area contributed by atoms with Gasteiger partial charge in [0.25, 0.3) is 0 Å². The summed E-state index contributed by atoms with van der Waals surface area (Å²) in [7, 11) is -2.02. The van der Waals surface area contributed by atoms with E-state index < -0.39 is 17.9 Å². The van der Waals surface area contributed by atoms with Crippen LogP contribution < -0.4 is 0 Å². The largest absolute Gasteiger partial charge is 0.409 e. The molecule has 0 radical (unpaired) electrons. The van der Waals surface area contributed by atoms with Crippen LogP contribution in [0.4, 0.5) is 4.39 Å². The molecule has 0 aromatic heterocycles. The fourth-order valence-corrected chi connectivity index (χ4v) is 4.10. The van der Waals surface area contributed by atoms with Crippen molar-refractivity contribution in [3.8, 4) is 0 Å². The van der Waals surface area contributed by atoms with Crippen molar-refractivity contribution in [1.82, 2.24) is 0 Å². The summed E-state index contributed by atoms with van der Waals surface area (Å²) >= 11 is 6.17. The first-order valence-corrected chi connectivity index (χ1v) is 11.7. The van der Waals surface area contributed by atoms with Crippen molar-refractivity contribution in [3.63, 3.8) is 0 Å². The number of hydrogen-bond donors (Lipinski definition) is 0. The van der Waals surface area contributed by atoms with Gasteiger partial charge >= 0.3 is 0 Å². The molecule has 5 heteroatoms. The van der Waals surface area contributed by atoms with Gasteiger partial charge in [-0.25, -0.2) is 4.39 Å². The average Bonchev–Trinajstić information content (AvgIpc) is 2.33. The monoisotopic (exact) mass is 438 g/mol. The maximum atomic E-state index is 14.4. The number of hydrogen-bond acceptors (Lipinski definition) is 1. The molecule has 0 saturated carbocycles. The molecule has 21 heavy (non-hydrogen) atoms. The Kier molecular flexibility index (Phi) is 6.66. The molecule has 120 valence electrons. The van der Waals surface area contributed by atoms with E-state index in [-0.39, 0.29) is 5.04 Å². The van der Waals surface area contributed by atoms with Crippen LogP contribution in [0.3, 0.4) is 0 Å². The molecule has 1 aromatic carbocycles. The Hall–Kier alpha value is 0.287. The summed E-state index contributed by atoms with van der Waals surface area (Å²) in [5.74, 6) is 0.